The third-order valence-electron chi connectivity index (χ3n) is 2.78. The van der Waals surface area contributed by atoms with Gasteiger partial charge in [0.2, 0.25) is 0 Å². The molecule has 0 saturated carbocycles. The van der Waals surface area contributed by atoms with E-state index >= 15 is 0 Å². The minimum atomic E-state index is 0.755. The van der Waals surface area contributed by atoms with E-state index in [9.17, 15) is 4.79 Å². The van der Waals surface area contributed by atoms with Crippen molar-refractivity contribution in [2.45, 2.75) is 38.0 Å². The fraction of sp³-hybridized carbons (Fsp3) is 0.500. The van der Waals surface area contributed by atoms with E-state index in [4.69, 9.17) is 0 Å². The maximum absolute atomic E-state index is 10.5. The van der Waals surface area contributed by atoms with Crippen molar-refractivity contribution >= 4 is 18.0 Å². The highest BCUT2D eigenvalue weighted by molar-refractivity contribution is 7.99. The standard InChI is InChI=1S/C14H20OS/c1-3-5-12(4-2)11-16-14-8-6-13(10-15)7-9-14/h6-10,12H,3-5,11H2,1-2H3. The molecule has 0 aromatic heterocycles. The number of thioether (sulfide) groups is 1. The van der Waals surface area contributed by atoms with Gasteiger partial charge in [0.05, 0.1) is 0 Å². The molecule has 0 bridgehead atoms. The van der Waals surface area contributed by atoms with Crippen LogP contribution in [0.3, 0.4) is 0 Å². The Labute approximate surface area is 103 Å². The summed E-state index contributed by atoms with van der Waals surface area (Å²) in [7, 11) is 0. The summed E-state index contributed by atoms with van der Waals surface area (Å²) < 4.78 is 0. The molecule has 16 heavy (non-hydrogen) atoms. The van der Waals surface area contributed by atoms with Crippen LogP contribution in [0.15, 0.2) is 29.2 Å². The first-order valence-corrected chi connectivity index (χ1v) is 6.96. The lowest BCUT2D eigenvalue weighted by Crippen LogP contribution is -2.01. The first kappa shape index (κ1) is 13.3. The van der Waals surface area contributed by atoms with Crippen molar-refractivity contribution in [1.29, 1.82) is 0 Å². The summed E-state index contributed by atoms with van der Waals surface area (Å²) in [5, 5.41) is 0. The number of benzene rings is 1. The molecule has 0 aliphatic heterocycles. The predicted molar refractivity (Wildman–Crippen MR) is 71.2 cm³/mol. The van der Waals surface area contributed by atoms with Crippen LogP contribution < -0.4 is 0 Å². The Kier molecular flexibility index (Phi) is 6.24. The Bertz CT molecular complexity index is 305. The van der Waals surface area contributed by atoms with E-state index in [1.165, 1.54) is 29.9 Å². The van der Waals surface area contributed by atoms with Gasteiger partial charge in [-0.2, -0.15) is 0 Å². The number of rotatable bonds is 7. The number of carbonyl (C=O) groups is 1. The molecule has 0 N–H and O–H groups in total. The summed E-state index contributed by atoms with van der Waals surface area (Å²) in [5.41, 5.74) is 0.755. The molecule has 88 valence electrons. The first-order chi connectivity index (χ1) is 7.80. The average molecular weight is 236 g/mol. The molecule has 2 heteroatoms. The third kappa shape index (κ3) is 4.40. The van der Waals surface area contributed by atoms with Gasteiger partial charge in [-0.25, -0.2) is 0 Å². The van der Waals surface area contributed by atoms with Crippen molar-refractivity contribution in [3.63, 3.8) is 0 Å². The molecule has 0 spiro atoms. The molecular formula is C14H20OS. The lowest BCUT2D eigenvalue weighted by atomic mass is 10.0. The van der Waals surface area contributed by atoms with Gasteiger partial charge in [0, 0.05) is 16.2 Å². The summed E-state index contributed by atoms with van der Waals surface area (Å²) in [5.74, 6) is 2.01. The van der Waals surface area contributed by atoms with E-state index in [0.717, 1.165) is 17.8 Å². The summed E-state index contributed by atoms with van der Waals surface area (Å²) in [4.78, 5) is 11.8. The van der Waals surface area contributed by atoms with Crippen LogP contribution >= 0.6 is 11.8 Å². The number of aldehydes is 1. The van der Waals surface area contributed by atoms with Crippen LogP contribution in [0.2, 0.25) is 0 Å². The van der Waals surface area contributed by atoms with Crippen LogP contribution in [0.25, 0.3) is 0 Å². The van der Waals surface area contributed by atoms with Gasteiger partial charge in [0.25, 0.3) is 0 Å². The van der Waals surface area contributed by atoms with Crippen molar-refractivity contribution < 1.29 is 4.79 Å². The molecule has 0 radical (unpaired) electrons. The van der Waals surface area contributed by atoms with Crippen LogP contribution in [-0.4, -0.2) is 12.0 Å². The molecule has 1 unspecified atom stereocenters. The second-order valence-corrected chi connectivity index (χ2v) is 5.15. The summed E-state index contributed by atoms with van der Waals surface area (Å²) in [6, 6.07) is 7.84. The lowest BCUT2D eigenvalue weighted by Gasteiger charge is -2.12. The minimum Gasteiger partial charge on any atom is -0.298 e. The van der Waals surface area contributed by atoms with E-state index < -0.39 is 0 Å². The molecule has 0 aliphatic carbocycles. The van der Waals surface area contributed by atoms with Crippen molar-refractivity contribution in [2.24, 2.45) is 5.92 Å². The van der Waals surface area contributed by atoms with Crippen LogP contribution in [0, 0.1) is 5.92 Å². The fourth-order valence-corrected chi connectivity index (χ4v) is 2.83. The van der Waals surface area contributed by atoms with Gasteiger partial charge in [-0.15, -0.1) is 11.8 Å². The van der Waals surface area contributed by atoms with Crippen LogP contribution in [0.5, 0.6) is 0 Å². The highest BCUT2D eigenvalue weighted by Crippen LogP contribution is 2.24. The van der Waals surface area contributed by atoms with Crippen LogP contribution in [0.4, 0.5) is 0 Å². The highest BCUT2D eigenvalue weighted by atomic mass is 32.2. The molecule has 1 rings (SSSR count). The smallest absolute Gasteiger partial charge is 0.150 e. The quantitative estimate of drug-likeness (QED) is 0.515. The Morgan fingerprint density at radius 1 is 1.25 bits per heavy atom. The van der Waals surface area contributed by atoms with E-state index in [0.29, 0.717) is 0 Å². The van der Waals surface area contributed by atoms with E-state index in [-0.39, 0.29) is 0 Å². The molecule has 0 aliphatic rings. The number of carbonyl (C=O) groups excluding carboxylic acids is 1. The van der Waals surface area contributed by atoms with Gasteiger partial charge in [0.1, 0.15) is 6.29 Å². The Morgan fingerprint density at radius 2 is 1.94 bits per heavy atom. The summed E-state index contributed by atoms with van der Waals surface area (Å²) >= 11 is 1.90. The number of hydrogen-bond donors (Lipinski definition) is 0. The van der Waals surface area contributed by atoms with Gasteiger partial charge < -0.3 is 0 Å². The zero-order valence-corrected chi connectivity index (χ0v) is 10.9. The lowest BCUT2D eigenvalue weighted by molar-refractivity contribution is 0.112. The van der Waals surface area contributed by atoms with Gasteiger partial charge in [-0.05, 0) is 24.5 Å². The van der Waals surface area contributed by atoms with E-state index in [1.54, 1.807) is 0 Å². The van der Waals surface area contributed by atoms with Crippen molar-refractivity contribution in [3.05, 3.63) is 29.8 Å². The van der Waals surface area contributed by atoms with Gasteiger partial charge in [-0.3, -0.25) is 4.79 Å². The molecule has 0 heterocycles. The largest absolute Gasteiger partial charge is 0.298 e. The normalized spacial score (nSPS) is 12.4. The number of hydrogen-bond acceptors (Lipinski definition) is 2. The maximum Gasteiger partial charge on any atom is 0.150 e. The minimum absolute atomic E-state index is 0.755. The van der Waals surface area contributed by atoms with Crippen molar-refractivity contribution in [1.82, 2.24) is 0 Å². The zero-order chi connectivity index (χ0) is 11.8. The monoisotopic (exact) mass is 236 g/mol. The van der Waals surface area contributed by atoms with Gasteiger partial charge in [0.15, 0.2) is 0 Å². The molecule has 0 fully saturated rings. The molecule has 1 aromatic carbocycles. The first-order valence-electron chi connectivity index (χ1n) is 5.98. The third-order valence-corrected chi connectivity index (χ3v) is 4.02. The van der Waals surface area contributed by atoms with Crippen LogP contribution in [-0.2, 0) is 0 Å². The van der Waals surface area contributed by atoms with E-state index in [2.05, 4.69) is 13.8 Å². The molecular weight excluding hydrogens is 216 g/mol. The second-order valence-electron chi connectivity index (χ2n) is 4.06. The Balaban J connectivity index is 2.43. The fourth-order valence-electron chi connectivity index (χ4n) is 1.67. The Hall–Kier alpha value is -0.760. The van der Waals surface area contributed by atoms with Crippen LogP contribution in [0.1, 0.15) is 43.5 Å². The van der Waals surface area contributed by atoms with Gasteiger partial charge >= 0.3 is 0 Å². The molecule has 0 amide bonds. The zero-order valence-electron chi connectivity index (χ0n) is 10.1. The predicted octanol–water partition coefficient (Wildman–Crippen LogP) is 4.42. The van der Waals surface area contributed by atoms with Crippen molar-refractivity contribution in [2.75, 3.05) is 5.75 Å². The highest BCUT2D eigenvalue weighted by Gasteiger charge is 2.05. The maximum atomic E-state index is 10.5. The molecule has 0 saturated heterocycles. The van der Waals surface area contributed by atoms with Crippen molar-refractivity contribution in [3.8, 4) is 0 Å². The second kappa shape index (κ2) is 7.50. The van der Waals surface area contributed by atoms with E-state index in [1.807, 2.05) is 36.0 Å². The average Bonchev–Trinajstić information content (AvgIpc) is 2.35. The SMILES string of the molecule is CCCC(CC)CSc1ccc(C=O)cc1. The molecule has 1 aromatic rings. The topological polar surface area (TPSA) is 17.1 Å². The molecule has 1 atom stereocenters. The van der Waals surface area contributed by atoms with Gasteiger partial charge in [-0.1, -0.05) is 38.8 Å². The molecule has 1 nitrogen and oxygen atoms in total. The summed E-state index contributed by atoms with van der Waals surface area (Å²) in [6.07, 6.45) is 4.73. The Morgan fingerprint density at radius 3 is 2.44 bits per heavy atom. The summed E-state index contributed by atoms with van der Waals surface area (Å²) in [6.45, 7) is 4.50.